The number of rotatable bonds is 4. The molecule has 4 rings (SSSR count). The summed E-state index contributed by atoms with van der Waals surface area (Å²) >= 11 is 0. The highest BCUT2D eigenvalue weighted by atomic mass is 16.5. The van der Waals surface area contributed by atoms with Gasteiger partial charge in [-0.1, -0.05) is 12.1 Å². The molecule has 0 aliphatic carbocycles. The van der Waals surface area contributed by atoms with Crippen LogP contribution in [-0.2, 0) is 4.74 Å². The molecule has 8 nitrogen and oxygen atoms in total. The Morgan fingerprint density at radius 2 is 1.83 bits per heavy atom. The maximum Gasteiger partial charge on any atom is 0.222 e. The van der Waals surface area contributed by atoms with Crippen molar-refractivity contribution in [3.8, 4) is 5.75 Å². The van der Waals surface area contributed by atoms with E-state index in [-0.39, 0.29) is 5.96 Å². The summed E-state index contributed by atoms with van der Waals surface area (Å²) in [5.41, 5.74) is 10.4. The first-order valence-corrected chi connectivity index (χ1v) is 10.1. The van der Waals surface area contributed by atoms with Gasteiger partial charge in [0.15, 0.2) is 0 Å². The van der Waals surface area contributed by atoms with E-state index in [9.17, 15) is 0 Å². The lowest BCUT2D eigenvalue weighted by Crippen LogP contribution is -2.57. The van der Waals surface area contributed by atoms with Crippen molar-refractivity contribution in [2.75, 3.05) is 43.6 Å². The number of nitrogens with two attached hydrogens (primary N) is 1. The zero-order valence-electron chi connectivity index (χ0n) is 17.6. The molecule has 0 spiro atoms. The molecule has 0 bridgehead atoms. The number of nitrogens with one attached hydrogen (secondary N) is 1. The summed E-state index contributed by atoms with van der Waals surface area (Å²) in [6.45, 7) is 6.95. The van der Waals surface area contributed by atoms with Gasteiger partial charge in [-0.2, -0.15) is 4.99 Å². The largest absolute Gasteiger partial charge is 0.497 e. The zero-order chi connectivity index (χ0) is 21.1. The summed E-state index contributed by atoms with van der Waals surface area (Å²) in [7, 11) is 1.66. The van der Waals surface area contributed by atoms with Gasteiger partial charge in [-0.05, 0) is 55.3 Å². The van der Waals surface area contributed by atoms with Crippen LogP contribution >= 0.6 is 0 Å². The molecule has 158 valence electrons. The average molecular weight is 409 g/mol. The van der Waals surface area contributed by atoms with E-state index in [1.165, 1.54) is 5.56 Å². The fraction of sp³-hybridized carbons (Fsp3) is 0.364. The molecule has 0 amide bonds. The third-order valence-electron chi connectivity index (χ3n) is 5.25. The Bertz CT molecular complexity index is 951. The lowest BCUT2D eigenvalue weighted by atomic mass is 10.1. The number of anilines is 2. The monoisotopic (exact) mass is 408 g/mol. The summed E-state index contributed by atoms with van der Waals surface area (Å²) in [6, 6.07) is 14.2. The number of hydrogen-bond acceptors (Lipinski definition) is 8. The molecule has 1 atom stereocenters. The number of methoxy groups -OCH3 is 1. The van der Waals surface area contributed by atoms with Gasteiger partial charge in [-0.25, -0.2) is 4.99 Å². The third-order valence-corrected chi connectivity index (χ3v) is 5.25. The van der Waals surface area contributed by atoms with Crippen LogP contribution in [0.15, 0.2) is 52.4 Å². The fourth-order valence-corrected chi connectivity index (χ4v) is 3.59. The predicted octanol–water partition coefficient (Wildman–Crippen LogP) is 2.53. The molecule has 2 aromatic rings. The minimum Gasteiger partial charge on any atom is -0.497 e. The van der Waals surface area contributed by atoms with Crippen LogP contribution in [0.1, 0.15) is 11.1 Å². The number of aryl methyl sites for hydroxylation is 2. The van der Waals surface area contributed by atoms with Gasteiger partial charge in [0.05, 0.1) is 20.3 Å². The second-order valence-electron chi connectivity index (χ2n) is 7.40. The Morgan fingerprint density at radius 3 is 2.53 bits per heavy atom. The minimum absolute atomic E-state index is 0.254. The Labute approximate surface area is 177 Å². The topological polar surface area (TPSA) is 87.7 Å². The van der Waals surface area contributed by atoms with Crippen LogP contribution < -0.4 is 20.7 Å². The number of guanidine groups is 2. The third kappa shape index (κ3) is 4.18. The first kappa shape index (κ1) is 20.0. The smallest absolute Gasteiger partial charge is 0.222 e. The van der Waals surface area contributed by atoms with Crippen LogP contribution in [0.2, 0.25) is 0 Å². The van der Waals surface area contributed by atoms with Crippen molar-refractivity contribution in [1.82, 2.24) is 4.90 Å². The number of benzene rings is 2. The average Bonchev–Trinajstić information content (AvgIpc) is 2.77. The van der Waals surface area contributed by atoms with Crippen LogP contribution in [0.3, 0.4) is 0 Å². The molecule has 2 heterocycles. The lowest BCUT2D eigenvalue weighted by molar-refractivity contribution is 0.0671. The molecule has 3 N–H and O–H groups in total. The van der Waals surface area contributed by atoms with Crippen molar-refractivity contribution in [2.24, 2.45) is 15.7 Å². The van der Waals surface area contributed by atoms with E-state index in [1.54, 1.807) is 7.11 Å². The van der Waals surface area contributed by atoms with Crippen molar-refractivity contribution in [1.29, 1.82) is 0 Å². The molecule has 0 saturated carbocycles. The molecule has 30 heavy (non-hydrogen) atoms. The van der Waals surface area contributed by atoms with Gasteiger partial charge >= 0.3 is 0 Å². The van der Waals surface area contributed by atoms with Gasteiger partial charge in [0.2, 0.25) is 18.2 Å². The highest BCUT2D eigenvalue weighted by molar-refractivity contribution is 6.06. The van der Waals surface area contributed by atoms with Gasteiger partial charge in [0.1, 0.15) is 5.75 Å². The molecule has 2 aliphatic heterocycles. The molecule has 0 radical (unpaired) electrons. The van der Waals surface area contributed by atoms with Crippen molar-refractivity contribution in [2.45, 2.75) is 20.1 Å². The normalized spacial score (nSPS) is 19.2. The van der Waals surface area contributed by atoms with E-state index in [1.807, 2.05) is 24.3 Å². The molecule has 0 aromatic heterocycles. The van der Waals surface area contributed by atoms with Gasteiger partial charge < -0.3 is 25.4 Å². The minimum atomic E-state index is -0.436. The quantitative estimate of drug-likeness (QED) is 0.808. The van der Waals surface area contributed by atoms with Gasteiger partial charge in [-0.15, -0.1) is 0 Å². The Hall–Kier alpha value is -3.26. The van der Waals surface area contributed by atoms with Crippen LogP contribution in [-0.4, -0.2) is 56.5 Å². The summed E-state index contributed by atoms with van der Waals surface area (Å²) in [5.74, 6) is 1.81. The number of aliphatic imine (C=N–C) groups is 2. The highest BCUT2D eigenvalue weighted by Crippen LogP contribution is 2.27. The Balaban J connectivity index is 1.73. The summed E-state index contributed by atoms with van der Waals surface area (Å²) in [5, 5.41) is 3.56. The number of morpholine rings is 1. The van der Waals surface area contributed by atoms with E-state index >= 15 is 0 Å². The number of hydrogen-bond donors (Lipinski definition) is 2. The first-order chi connectivity index (χ1) is 14.5. The van der Waals surface area contributed by atoms with Crippen LogP contribution in [0.25, 0.3) is 0 Å². The Morgan fingerprint density at radius 1 is 1.10 bits per heavy atom. The Kier molecular flexibility index (Phi) is 5.76. The molecular weight excluding hydrogens is 380 g/mol. The first-order valence-electron chi connectivity index (χ1n) is 10.1. The second kappa shape index (κ2) is 8.62. The fourth-order valence-electron chi connectivity index (χ4n) is 3.59. The van der Waals surface area contributed by atoms with Gasteiger partial charge in [0, 0.05) is 24.5 Å². The van der Waals surface area contributed by atoms with E-state index in [4.69, 9.17) is 15.2 Å². The number of nitrogens with zero attached hydrogens (tertiary/aromatic N) is 4. The molecule has 1 saturated heterocycles. The summed E-state index contributed by atoms with van der Waals surface area (Å²) in [6.07, 6.45) is -0.436. The molecule has 1 fully saturated rings. The van der Waals surface area contributed by atoms with Crippen molar-refractivity contribution >= 4 is 23.3 Å². The van der Waals surface area contributed by atoms with Crippen LogP contribution in [0, 0.1) is 13.8 Å². The van der Waals surface area contributed by atoms with E-state index in [0.29, 0.717) is 13.2 Å². The maximum absolute atomic E-state index is 6.15. The standard InChI is InChI=1S/C22H28N6O2/c1-15-4-5-16(2)19(14-15)24-21-25-20(23)26-22(27-10-12-30-13-11-27)28(21)17-6-8-18(29-3)9-7-17/h4-9,14,21,24H,10-13H2,1-3H3,(H2,23,25). The lowest BCUT2D eigenvalue weighted by Gasteiger charge is -2.41. The SMILES string of the molecule is COc1ccc(N2C(N3CCOCC3)=NC(N)=NC2Nc2cc(C)ccc2C)cc1. The molecule has 2 aliphatic rings. The summed E-state index contributed by atoms with van der Waals surface area (Å²) in [4.78, 5) is 13.5. The highest BCUT2D eigenvalue weighted by Gasteiger charge is 2.32. The van der Waals surface area contributed by atoms with Gasteiger partial charge in [0.25, 0.3) is 0 Å². The molecule has 1 unspecified atom stereocenters. The van der Waals surface area contributed by atoms with E-state index < -0.39 is 6.29 Å². The second-order valence-corrected chi connectivity index (χ2v) is 7.40. The van der Waals surface area contributed by atoms with Crippen LogP contribution in [0.5, 0.6) is 5.75 Å². The zero-order valence-corrected chi connectivity index (χ0v) is 17.6. The van der Waals surface area contributed by atoms with Gasteiger partial charge in [-0.3, -0.25) is 4.90 Å². The molecule has 2 aromatic carbocycles. The van der Waals surface area contributed by atoms with Crippen LogP contribution in [0.4, 0.5) is 11.4 Å². The maximum atomic E-state index is 6.15. The van der Waals surface area contributed by atoms with Crippen molar-refractivity contribution in [3.63, 3.8) is 0 Å². The predicted molar refractivity (Wildman–Crippen MR) is 120 cm³/mol. The van der Waals surface area contributed by atoms with E-state index in [0.717, 1.165) is 41.7 Å². The van der Waals surface area contributed by atoms with Crippen molar-refractivity contribution < 1.29 is 9.47 Å². The summed E-state index contributed by atoms with van der Waals surface area (Å²) < 4.78 is 10.9. The molecular formula is C22H28N6O2. The number of ether oxygens (including phenoxy) is 2. The molecule has 8 heteroatoms. The van der Waals surface area contributed by atoms with Crippen molar-refractivity contribution in [3.05, 3.63) is 53.6 Å². The van der Waals surface area contributed by atoms with E-state index in [2.05, 4.69) is 57.1 Å².